The molecule has 0 heterocycles. The lowest BCUT2D eigenvalue weighted by Gasteiger charge is -2.35. The molecule has 2 aromatic rings. The maximum Gasteiger partial charge on any atom is 0.433 e. The Morgan fingerprint density at radius 2 is 1.38 bits per heavy atom. The number of oxime groups is 1. The Balaban J connectivity index is 0.000000365. The molecule has 2 amide bonds. The molecule has 0 spiro atoms. The first-order chi connectivity index (χ1) is 15.8. The molecule has 7 nitrogen and oxygen atoms in total. The van der Waals surface area contributed by atoms with Gasteiger partial charge in [-0.3, -0.25) is 9.63 Å². The van der Waals surface area contributed by atoms with Crippen molar-refractivity contribution in [3.63, 3.8) is 0 Å². The van der Waals surface area contributed by atoms with E-state index in [2.05, 4.69) is 15.3 Å². The van der Waals surface area contributed by atoms with Crippen molar-refractivity contribution >= 4 is 86.8 Å². The molecular formula is C21H22Cl5N3O4S. The van der Waals surface area contributed by atoms with Gasteiger partial charge < -0.3 is 15.3 Å². The monoisotopic (exact) mass is 587 g/mol. The number of carbonyl (C=O) groups excluding carboxylic acids is 2. The van der Waals surface area contributed by atoms with Crippen LogP contribution in [0.5, 0.6) is 0 Å². The van der Waals surface area contributed by atoms with Crippen LogP contribution in [0, 0.1) is 0 Å². The van der Waals surface area contributed by atoms with Crippen molar-refractivity contribution in [1.29, 1.82) is 0 Å². The number of halogens is 5. The molecule has 0 aliphatic heterocycles. The predicted molar refractivity (Wildman–Crippen MR) is 141 cm³/mol. The summed E-state index contributed by atoms with van der Waals surface area (Å²) < 4.78 is -1.96. The summed E-state index contributed by atoms with van der Waals surface area (Å²) in [4.78, 5) is 27.7. The summed E-state index contributed by atoms with van der Waals surface area (Å²) in [6, 6.07) is 12.9. The molecule has 0 aliphatic rings. The van der Waals surface area contributed by atoms with Crippen LogP contribution in [0.1, 0.15) is 11.1 Å². The number of benzene rings is 2. The first-order valence-corrected chi connectivity index (χ1v) is 12.4. The molecule has 0 aliphatic carbocycles. The number of rotatable bonds is 3. The number of amides is 2. The Morgan fingerprint density at radius 3 is 1.68 bits per heavy atom. The van der Waals surface area contributed by atoms with Crippen molar-refractivity contribution in [2.45, 2.75) is 9.39 Å². The van der Waals surface area contributed by atoms with E-state index in [1.54, 1.807) is 68.9 Å². The second-order valence-electron chi connectivity index (χ2n) is 6.65. The van der Waals surface area contributed by atoms with Crippen molar-refractivity contribution < 1.29 is 19.5 Å². The van der Waals surface area contributed by atoms with E-state index in [0.717, 1.165) is 11.8 Å². The summed E-state index contributed by atoms with van der Waals surface area (Å²) in [5, 5.41) is 17.8. The van der Waals surface area contributed by atoms with Gasteiger partial charge in [0.1, 0.15) is 0 Å². The lowest BCUT2D eigenvalue weighted by Crippen LogP contribution is -2.41. The Bertz CT molecular complexity index is 951. The van der Waals surface area contributed by atoms with Gasteiger partial charge >= 0.3 is 6.09 Å². The fraction of sp³-hybridized carbons (Fsp3) is 0.286. The lowest BCUT2D eigenvalue weighted by molar-refractivity contribution is -0.121. The summed E-state index contributed by atoms with van der Waals surface area (Å²) in [6.45, 7) is 0. The molecule has 13 heteroatoms. The summed E-state index contributed by atoms with van der Waals surface area (Å²) in [5.74, 6) is -0.304. The first kappa shape index (κ1) is 30.6. The number of thioether (sulfide) groups is 1. The van der Waals surface area contributed by atoms with Crippen LogP contribution in [0.3, 0.4) is 0 Å². The van der Waals surface area contributed by atoms with E-state index in [9.17, 15) is 14.7 Å². The predicted octanol–water partition coefficient (Wildman–Crippen LogP) is 5.71. The summed E-state index contributed by atoms with van der Waals surface area (Å²) in [5.41, 5.74) is -0.972. The van der Waals surface area contributed by atoms with E-state index in [0.29, 0.717) is 21.2 Å². The van der Waals surface area contributed by atoms with Crippen LogP contribution in [0.25, 0.3) is 0 Å². The minimum absolute atomic E-state index is 0.124. The molecule has 0 aromatic heterocycles. The highest BCUT2D eigenvalue weighted by Crippen LogP contribution is 2.49. The number of alkyl halides is 3. The standard InChI is InChI=1S/C14H9Cl5O.C7H13N3O3S/c15-11-5-1-9(2-6-11)13(20,14(17,18)19)10-3-7-12(16)8-4-10;1-8-7(12)13-9-5(14-4)6(11)10(2)3/h1-8,20H;1-4H3,(H,8,12)/b;9-5+. The van der Waals surface area contributed by atoms with E-state index in [1.165, 1.54) is 11.9 Å². The van der Waals surface area contributed by atoms with Gasteiger partial charge in [-0.05, 0) is 41.6 Å². The average Bonchev–Trinajstić information content (AvgIpc) is 2.79. The van der Waals surface area contributed by atoms with E-state index in [1.807, 2.05) is 0 Å². The van der Waals surface area contributed by atoms with Crippen LogP contribution >= 0.6 is 69.8 Å². The first-order valence-electron chi connectivity index (χ1n) is 9.31. The van der Waals surface area contributed by atoms with E-state index in [4.69, 9.17) is 58.0 Å². The normalized spacial score (nSPS) is 11.8. The number of nitrogens with one attached hydrogen (secondary N) is 1. The van der Waals surface area contributed by atoms with Gasteiger partial charge in [-0.2, -0.15) is 0 Å². The zero-order valence-electron chi connectivity index (χ0n) is 18.5. The SMILES string of the molecule is CNC(=O)O/N=C(/SC)C(=O)N(C)C.OC(c1ccc(Cl)cc1)(c1ccc(Cl)cc1)C(Cl)(Cl)Cl. The van der Waals surface area contributed by atoms with Crippen molar-refractivity contribution in [3.05, 3.63) is 69.7 Å². The van der Waals surface area contributed by atoms with Crippen molar-refractivity contribution in [3.8, 4) is 0 Å². The molecule has 0 unspecified atom stereocenters. The smallest absolute Gasteiger partial charge is 0.376 e. The van der Waals surface area contributed by atoms with E-state index in [-0.39, 0.29) is 11.0 Å². The third-order valence-electron chi connectivity index (χ3n) is 4.13. The highest BCUT2D eigenvalue weighted by molar-refractivity contribution is 8.15. The Kier molecular flexibility index (Phi) is 12.3. The number of nitrogens with zero attached hydrogens (tertiary/aromatic N) is 2. The van der Waals surface area contributed by atoms with Gasteiger partial charge in [0.2, 0.25) is 8.84 Å². The summed E-state index contributed by atoms with van der Waals surface area (Å²) in [6.07, 6.45) is 0.969. The van der Waals surface area contributed by atoms with Crippen LogP contribution in [0.2, 0.25) is 10.0 Å². The summed E-state index contributed by atoms with van der Waals surface area (Å²) >= 11 is 30.8. The van der Waals surface area contributed by atoms with Crippen LogP contribution in [-0.4, -0.2) is 58.2 Å². The molecular weight excluding hydrogens is 568 g/mol. The lowest BCUT2D eigenvalue weighted by atomic mass is 9.87. The fourth-order valence-electron chi connectivity index (χ4n) is 2.36. The van der Waals surface area contributed by atoms with Gasteiger partial charge in [-0.25, -0.2) is 4.79 Å². The van der Waals surface area contributed by atoms with Crippen LogP contribution in [0.15, 0.2) is 53.7 Å². The minimum atomic E-state index is -1.96. The number of carbonyl (C=O) groups is 2. The van der Waals surface area contributed by atoms with Gasteiger partial charge in [0, 0.05) is 31.2 Å². The van der Waals surface area contributed by atoms with Crippen LogP contribution in [-0.2, 0) is 15.2 Å². The van der Waals surface area contributed by atoms with Crippen molar-refractivity contribution in [2.24, 2.45) is 5.16 Å². The van der Waals surface area contributed by atoms with Gasteiger partial charge in [0.05, 0.1) is 0 Å². The van der Waals surface area contributed by atoms with E-state index >= 15 is 0 Å². The topological polar surface area (TPSA) is 91.2 Å². The molecule has 0 atom stereocenters. The molecule has 34 heavy (non-hydrogen) atoms. The Hall–Kier alpha value is -1.39. The van der Waals surface area contributed by atoms with E-state index < -0.39 is 15.5 Å². The zero-order valence-corrected chi connectivity index (χ0v) is 23.1. The number of hydrogen-bond acceptors (Lipinski definition) is 6. The molecule has 0 bridgehead atoms. The minimum Gasteiger partial charge on any atom is -0.376 e. The number of aliphatic hydroxyl groups is 1. The molecule has 0 fully saturated rings. The largest absolute Gasteiger partial charge is 0.433 e. The van der Waals surface area contributed by atoms with Gasteiger partial charge in [0.15, 0.2) is 5.60 Å². The molecule has 2 N–H and O–H groups in total. The zero-order chi connectivity index (χ0) is 26.1. The van der Waals surface area contributed by atoms with Crippen molar-refractivity contribution in [2.75, 3.05) is 27.4 Å². The maximum atomic E-state index is 11.3. The highest BCUT2D eigenvalue weighted by atomic mass is 35.6. The van der Waals surface area contributed by atoms with Gasteiger partial charge in [-0.1, -0.05) is 87.4 Å². The highest BCUT2D eigenvalue weighted by Gasteiger charge is 2.49. The van der Waals surface area contributed by atoms with Crippen LogP contribution < -0.4 is 5.32 Å². The third-order valence-corrected chi connectivity index (χ3v) is 6.09. The fourth-order valence-corrected chi connectivity index (χ4v) is 3.74. The Labute approximate surface area is 227 Å². The number of hydrogen-bond donors (Lipinski definition) is 2. The molecule has 2 aromatic carbocycles. The maximum absolute atomic E-state index is 11.3. The second kappa shape index (κ2) is 13.6. The molecule has 0 radical (unpaired) electrons. The molecule has 0 saturated carbocycles. The Morgan fingerprint density at radius 1 is 0.971 bits per heavy atom. The quantitative estimate of drug-likeness (QED) is 0.157. The van der Waals surface area contributed by atoms with Gasteiger partial charge in [0.25, 0.3) is 5.91 Å². The third kappa shape index (κ3) is 8.37. The van der Waals surface area contributed by atoms with Crippen molar-refractivity contribution in [1.82, 2.24) is 10.2 Å². The molecule has 2 rings (SSSR count). The second-order valence-corrected chi connectivity index (χ2v) is 10.6. The summed E-state index contributed by atoms with van der Waals surface area (Å²) in [7, 11) is 4.59. The van der Waals surface area contributed by atoms with Gasteiger partial charge in [-0.15, -0.1) is 11.8 Å². The molecule has 186 valence electrons. The van der Waals surface area contributed by atoms with Crippen LogP contribution in [0.4, 0.5) is 4.79 Å². The average molecular weight is 590 g/mol. The molecule has 0 saturated heterocycles.